The van der Waals surface area contributed by atoms with Crippen LogP contribution < -0.4 is 10.0 Å². The number of hydrogen-bond acceptors (Lipinski definition) is 3. The third-order valence-corrected chi connectivity index (χ3v) is 5.81. The zero-order chi connectivity index (χ0) is 26.0. The summed E-state index contributed by atoms with van der Waals surface area (Å²) in [6.45, 7) is 1.19. The van der Waals surface area contributed by atoms with E-state index < -0.39 is 45.2 Å². The van der Waals surface area contributed by atoms with E-state index >= 15 is 0 Å². The minimum atomic E-state index is -4.90. The van der Waals surface area contributed by atoms with Crippen molar-refractivity contribution in [1.82, 2.24) is 5.32 Å². The van der Waals surface area contributed by atoms with Crippen molar-refractivity contribution in [3.05, 3.63) is 89.0 Å². The fourth-order valence-electron chi connectivity index (χ4n) is 3.43. The molecule has 0 aliphatic heterocycles. The monoisotopic (exact) mass is 512 g/mol. The van der Waals surface area contributed by atoms with Gasteiger partial charge in [0.25, 0.3) is 0 Å². The number of nitrogens with one attached hydrogen (secondary N) is 2. The summed E-state index contributed by atoms with van der Waals surface area (Å²) in [6, 6.07) is 13.0. The maximum Gasteiger partial charge on any atom is 0.419 e. The Morgan fingerprint density at radius 3 is 2.20 bits per heavy atom. The van der Waals surface area contributed by atoms with Crippen LogP contribution in [0.1, 0.15) is 29.5 Å². The number of rotatable bonds is 7. The number of carbonyl (C=O) groups excluding carboxylic acids is 1. The van der Waals surface area contributed by atoms with Gasteiger partial charge in [-0.2, -0.15) is 13.2 Å². The highest BCUT2D eigenvalue weighted by atomic mass is 32.2. The Labute approximate surface area is 199 Å². The molecule has 0 saturated carbocycles. The first-order chi connectivity index (χ1) is 16.3. The predicted octanol–water partition coefficient (Wildman–Crippen LogP) is 5.44. The van der Waals surface area contributed by atoms with Crippen LogP contribution in [-0.4, -0.2) is 20.6 Å². The van der Waals surface area contributed by atoms with Crippen molar-refractivity contribution < 1.29 is 35.2 Å². The quantitative estimate of drug-likeness (QED) is 0.414. The van der Waals surface area contributed by atoms with Gasteiger partial charge in [-0.05, 0) is 53.4 Å². The number of hydrogen-bond donors (Lipinski definition) is 2. The van der Waals surface area contributed by atoms with Crippen molar-refractivity contribution in [2.45, 2.75) is 25.6 Å². The summed E-state index contributed by atoms with van der Waals surface area (Å²) in [5, 5.41) is 2.54. The Morgan fingerprint density at radius 1 is 0.971 bits per heavy atom. The number of halogens is 5. The van der Waals surface area contributed by atoms with Gasteiger partial charge in [-0.15, -0.1) is 0 Å². The van der Waals surface area contributed by atoms with Gasteiger partial charge in [0.1, 0.15) is 11.6 Å². The van der Waals surface area contributed by atoms with Crippen molar-refractivity contribution in [3.63, 3.8) is 0 Å². The molecule has 0 aromatic heterocycles. The van der Waals surface area contributed by atoms with Gasteiger partial charge in [0, 0.05) is 6.54 Å². The molecule has 1 atom stereocenters. The van der Waals surface area contributed by atoms with E-state index in [1.807, 2.05) is 4.72 Å². The van der Waals surface area contributed by atoms with E-state index in [9.17, 15) is 35.2 Å². The van der Waals surface area contributed by atoms with Crippen molar-refractivity contribution >= 4 is 21.6 Å². The molecule has 0 aliphatic rings. The molecule has 0 bridgehead atoms. The third kappa shape index (κ3) is 6.56. The summed E-state index contributed by atoms with van der Waals surface area (Å²) in [7, 11) is -3.70. The molecule has 1 amide bonds. The molecule has 0 fully saturated rings. The van der Waals surface area contributed by atoms with Gasteiger partial charge in [-0.3, -0.25) is 9.52 Å². The maximum atomic E-state index is 14.3. The molecule has 5 nitrogen and oxygen atoms in total. The van der Waals surface area contributed by atoms with Crippen molar-refractivity contribution in [3.8, 4) is 11.1 Å². The van der Waals surface area contributed by atoms with Crippen LogP contribution in [0, 0.1) is 11.6 Å². The summed E-state index contributed by atoms with van der Waals surface area (Å²) in [6.07, 6.45) is -4.03. The van der Waals surface area contributed by atoms with E-state index in [1.54, 1.807) is 30.3 Å². The topological polar surface area (TPSA) is 75.3 Å². The highest BCUT2D eigenvalue weighted by Gasteiger charge is 2.35. The second-order valence-corrected chi connectivity index (χ2v) is 9.65. The summed E-state index contributed by atoms with van der Waals surface area (Å²) in [5.41, 5.74) is -0.822. The summed E-state index contributed by atoms with van der Waals surface area (Å²) in [5.74, 6) is -3.84. The van der Waals surface area contributed by atoms with Crippen LogP contribution in [0.15, 0.2) is 60.7 Å². The molecule has 11 heteroatoms. The van der Waals surface area contributed by atoms with Gasteiger partial charge in [-0.1, -0.05) is 36.4 Å². The van der Waals surface area contributed by atoms with Crippen LogP contribution in [-0.2, 0) is 27.5 Å². The fraction of sp³-hybridized carbons (Fsp3) is 0.208. The molecule has 0 aliphatic carbocycles. The van der Waals surface area contributed by atoms with Gasteiger partial charge in [0.05, 0.1) is 23.4 Å². The molecule has 1 unspecified atom stereocenters. The number of alkyl halides is 3. The van der Waals surface area contributed by atoms with Gasteiger partial charge in [0.2, 0.25) is 15.9 Å². The molecule has 0 saturated heterocycles. The molecule has 3 aromatic carbocycles. The van der Waals surface area contributed by atoms with Crippen molar-refractivity contribution in [2.75, 3.05) is 11.0 Å². The Kier molecular flexibility index (Phi) is 7.49. The second kappa shape index (κ2) is 10.0. The largest absolute Gasteiger partial charge is 0.419 e. The minimum absolute atomic E-state index is 0.106. The van der Waals surface area contributed by atoms with Gasteiger partial charge in [0.15, 0.2) is 0 Å². The number of benzene rings is 3. The van der Waals surface area contributed by atoms with E-state index in [-0.39, 0.29) is 28.9 Å². The van der Waals surface area contributed by atoms with Gasteiger partial charge >= 0.3 is 6.18 Å². The van der Waals surface area contributed by atoms with E-state index in [0.29, 0.717) is 11.6 Å². The Balaban J connectivity index is 1.84. The average Bonchev–Trinajstić information content (AvgIpc) is 2.77. The lowest BCUT2D eigenvalue weighted by Gasteiger charge is -2.17. The summed E-state index contributed by atoms with van der Waals surface area (Å²) < 4.78 is 92.9. The van der Waals surface area contributed by atoms with Crippen molar-refractivity contribution in [1.29, 1.82) is 0 Å². The van der Waals surface area contributed by atoms with Crippen LogP contribution in [0.4, 0.5) is 27.6 Å². The molecule has 3 rings (SSSR count). The highest BCUT2D eigenvalue weighted by Crippen LogP contribution is 2.36. The number of anilines is 1. The Hall–Kier alpha value is -3.47. The standard InChI is InChI=1S/C24H21F5N2O3S/c1-14(16-8-9-22(21(26)10-16)31-35(2,33)34)23(32)30-13-17-11-20(25)19(24(27,28)29)12-18(17)15-6-4-3-5-7-15/h3-12,14,31H,13H2,1-2H3,(H,30,32). The smallest absolute Gasteiger partial charge is 0.351 e. The normalized spacial score (nSPS) is 12.8. The Bertz CT molecular complexity index is 1340. The first-order valence-corrected chi connectivity index (χ1v) is 12.2. The molecular formula is C24H21F5N2O3S. The van der Waals surface area contributed by atoms with Gasteiger partial charge < -0.3 is 5.32 Å². The van der Waals surface area contributed by atoms with Crippen molar-refractivity contribution in [2.24, 2.45) is 0 Å². The first-order valence-electron chi connectivity index (χ1n) is 10.3. The second-order valence-electron chi connectivity index (χ2n) is 7.91. The maximum absolute atomic E-state index is 14.3. The summed E-state index contributed by atoms with van der Waals surface area (Å²) in [4.78, 5) is 12.7. The molecule has 2 N–H and O–H groups in total. The molecule has 0 spiro atoms. The Morgan fingerprint density at radius 2 is 1.63 bits per heavy atom. The molecule has 0 radical (unpaired) electrons. The van der Waals surface area contributed by atoms with Crippen LogP contribution in [0.3, 0.4) is 0 Å². The van der Waals surface area contributed by atoms with E-state index in [0.717, 1.165) is 18.4 Å². The van der Waals surface area contributed by atoms with Crippen LogP contribution >= 0.6 is 0 Å². The summed E-state index contributed by atoms with van der Waals surface area (Å²) >= 11 is 0. The first kappa shape index (κ1) is 26.1. The third-order valence-electron chi connectivity index (χ3n) is 5.22. The lowest BCUT2D eigenvalue weighted by Crippen LogP contribution is -2.28. The minimum Gasteiger partial charge on any atom is -0.351 e. The molecule has 35 heavy (non-hydrogen) atoms. The zero-order valence-corrected chi connectivity index (χ0v) is 19.4. The lowest BCUT2D eigenvalue weighted by molar-refractivity contribution is -0.140. The number of sulfonamides is 1. The van der Waals surface area contributed by atoms with E-state index in [4.69, 9.17) is 0 Å². The lowest BCUT2D eigenvalue weighted by atomic mass is 9.95. The van der Waals surface area contributed by atoms with Crippen LogP contribution in [0.5, 0.6) is 0 Å². The molecular weight excluding hydrogens is 491 g/mol. The van der Waals surface area contributed by atoms with Crippen LogP contribution in [0.25, 0.3) is 11.1 Å². The SMILES string of the molecule is CC(C(=O)NCc1cc(F)c(C(F)(F)F)cc1-c1ccccc1)c1ccc(NS(C)(=O)=O)c(F)c1. The average molecular weight is 513 g/mol. The molecule has 186 valence electrons. The fourth-order valence-corrected chi connectivity index (χ4v) is 4.00. The number of carbonyl (C=O) groups is 1. The molecule has 0 heterocycles. The highest BCUT2D eigenvalue weighted by molar-refractivity contribution is 7.92. The van der Waals surface area contributed by atoms with Crippen LogP contribution in [0.2, 0.25) is 0 Å². The molecule has 3 aromatic rings. The zero-order valence-electron chi connectivity index (χ0n) is 18.6. The van der Waals surface area contributed by atoms with E-state index in [2.05, 4.69) is 5.32 Å². The number of amides is 1. The predicted molar refractivity (Wildman–Crippen MR) is 122 cm³/mol. The van der Waals surface area contributed by atoms with Gasteiger partial charge in [-0.25, -0.2) is 17.2 Å². The van der Waals surface area contributed by atoms with E-state index in [1.165, 1.54) is 19.1 Å².